The first-order valence-corrected chi connectivity index (χ1v) is 6.60. The van der Waals surface area contributed by atoms with E-state index in [9.17, 15) is 0 Å². The van der Waals surface area contributed by atoms with Gasteiger partial charge in [0.15, 0.2) is 0 Å². The number of benzene rings is 1. The zero-order valence-electron chi connectivity index (χ0n) is 11.0. The van der Waals surface area contributed by atoms with Gasteiger partial charge in [0.1, 0.15) is 5.75 Å². The Hall–Kier alpha value is -1.88. The highest BCUT2D eigenvalue weighted by Gasteiger charge is 2.20. The minimum atomic E-state index is 0.379. The van der Waals surface area contributed by atoms with E-state index < -0.39 is 0 Å². The van der Waals surface area contributed by atoms with Gasteiger partial charge in [0, 0.05) is 18.6 Å². The fraction of sp³-hybridized carbons (Fsp3) is 0.429. The van der Waals surface area contributed by atoms with Gasteiger partial charge < -0.3 is 9.47 Å². The van der Waals surface area contributed by atoms with Crippen molar-refractivity contribution in [1.29, 1.82) is 0 Å². The van der Waals surface area contributed by atoms with Crippen LogP contribution in [0.3, 0.4) is 0 Å². The number of ether oxygens (including phenoxy) is 2. The average Bonchev–Trinajstić information content (AvgIpc) is 3.11. The molecule has 1 unspecified atom stereocenters. The maximum Gasteiger partial charge on any atom is 0.121 e. The van der Waals surface area contributed by atoms with Gasteiger partial charge in [0.05, 0.1) is 30.8 Å². The van der Waals surface area contributed by atoms with Crippen LogP contribution >= 0.6 is 0 Å². The molecule has 1 atom stereocenters. The second-order valence-electron chi connectivity index (χ2n) is 4.58. The number of hydrogen-bond donors (Lipinski definition) is 0. The first-order valence-electron chi connectivity index (χ1n) is 6.60. The monoisotopic (exact) mass is 259 g/mol. The average molecular weight is 259 g/mol. The molecule has 1 aliphatic rings. The first-order chi connectivity index (χ1) is 9.36. The highest BCUT2D eigenvalue weighted by Crippen LogP contribution is 2.24. The van der Waals surface area contributed by atoms with E-state index in [1.807, 2.05) is 37.4 Å². The molecule has 0 bridgehead atoms. The number of aromatic nitrogens is 3. The summed E-state index contributed by atoms with van der Waals surface area (Å²) in [5.41, 5.74) is 1.96. The van der Waals surface area contributed by atoms with Gasteiger partial charge in [-0.3, -0.25) is 0 Å². The van der Waals surface area contributed by atoms with Crippen LogP contribution < -0.4 is 4.74 Å². The molecule has 2 aromatic rings. The molecule has 100 valence electrons. The smallest absolute Gasteiger partial charge is 0.121 e. The number of rotatable bonds is 4. The molecule has 5 heteroatoms. The Morgan fingerprint density at radius 1 is 1.47 bits per heavy atom. The molecule has 0 amide bonds. The molecule has 19 heavy (non-hydrogen) atoms. The van der Waals surface area contributed by atoms with Gasteiger partial charge in [-0.15, -0.1) is 5.10 Å². The van der Waals surface area contributed by atoms with Crippen molar-refractivity contribution < 1.29 is 9.47 Å². The SMILES string of the molecule is CCOc1cccc(-n2cc(C3CCOC3)nn2)c1. The van der Waals surface area contributed by atoms with Gasteiger partial charge >= 0.3 is 0 Å². The van der Waals surface area contributed by atoms with E-state index in [0.717, 1.165) is 36.8 Å². The lowest BCUT2D eigenvalue weighted by molar-refractivity contribution is 0.193. The van der Waals surface area contributed by atoms with Crippen molar-refractivity contribution in [2.75, 3.05) is 19.8 Å². The van der Waals surface area contributed by atoms with Crippen molar-refractivity contribution in [3.05, 3.63) is 36.2 Å². The van der Waals surface area contributed by atoms with Gasteiger partial charge in [0.2, 0.25) is 0 Å². The molecule has 1 aliphatic heterocycles. The van der Waals surface area contributed by atoms with Crippen molar-refractivity contribution in [2.24, 2.45) is 0 Å². The summed E-state index contributed by atoms with van der Waals surface area (Å²) in [4.78, 5) is 0. The van der Waals surface area contributed by atoms with E-state index >= 15 is 0 Å². The Morgan fingerprint density at radius 2 is 2.42 bits per heavy atom. The second-order valence-corrected chi connectivity index (χ2v) is 4.58. The minimum absolute atomic E-state index is 0.379. The van der Waals surface area contributed by atoms with Gasteiger partial charge in [-0.2, -0.15) is 0 Å². The summed E-state index contributed by atoms with van der Waals surface area (Å²) in [5.74, 6) is 1.23. The van der Waals surface area contributed by atoms with Crippen LogP contribution in [0.15, 0.2) is 30.5 Å². The van der Waals surface area contributed by atoms with E-state index in [-0.39, 0.29) is 0 Å². The predicted octanol–water partition coefficient (Wildman–Crippen LogP) is 2.17. The maximum absolute atomic E-state index is 5.49. The number of nitrogens with zero attached hydrogens (tertiary/aromatic N) is 3. The molecule has 0 saturated carbocycles. The third-order valence-electron chi connectivity index (χ3n) is 3.25. The largest absolute Gasteiger partial charge is 0.494 e. The van der Waals surface area contributed by atoms with Crippen molar-refractivity contribution >= 4 is 0 Å². The molecule has 0 N–H and O–H groups in total. The van der Waals surface area contributed by atoms with Crippen molar-refractivity contribution in [2.45, 2.75) is 19.3 Å². The summed E-state index contributed by atoms with van der Waals surface area (Å²) in [6.07, 6.45) is 3.00. The van der Waals surface area contributed by atoms with Crippen LogP contribution in [0.25, 0.3) is 5.69 Å². The molecular formula is C14H17N3O2. The van der Waals surface area contributed by atoms with Crippen LogP contribution in [-0.2, 0) is 4.74 Å². The quantitative estimate of drug-likeness (QED) is 0.844. The molecule has 1 aromatic heterocycles. The Bertz CT molecular complexity index is 547. The topological polar surface area (TPSA) is 49.2 Å². The Labute approximate surface area is 112 Å². The summed E-state index contributed by atoms with van der Waals surface area (Å²) in [6.45, 7) is 4.20. The molecule has 2 heterocycles. The fourth-order valence-corrected chi connectivity index (χ4v) is 2.24. The summed E-state index contributed by atoms with van der Waals surface area (Å²) < 4.78 is 12.7. The van der Waals surface area contributed by atoms with Crippen LogP contribution in [0.5, 0.6) is 5.75 Å². The minimum Gasteiger partial charge on any atom is -0.494 e. The summed E-state index contributed by atoms with van der Waals surface area (Å²) in [6, 6.07) is 7.86. The van der Waals surface area contributed by atoms with Gasteiger partial charge in [-0.05, 0) is 25.5 Å². The molecule has 1 aromatic carbocycles. The van der Waals surface area contributed by atoms with Crippen molar-refractivity contribution in [3.8, 4) is 11.4 Å². The van der Waals surface area contributed by atoms with Crippen LogP contribution in [0, 0.1) is 0 Å². The maximum atomic E-state index is 5.49. The van der Waals surface area contributed by atoms with Gasteiger partial charge in [-0.1, -0.05) is 11.3 Å². The summed E-state index contributed by atoms with van der Waals surface area (Å²) in [5, 5.41) is 8.43. The Balaban J connectivity index is 1.83. The van der Waals surface area contributed by atoms with Crippen LogP contribution in [0.1, 0.15) is 25.0 Å². The normalized spacial score (nSPS) is 18.7. The molecule has 3 rings (SSSR count). The molecule has 0 radical (unpaired) electrons. The lowest BCUT2D eigenvalue weighted by atomic mass is 10.1. The summed E-state index contributed by atoms with van der Waals surface area (Å²) in [7, 11) is 0. The van der Waals surface area contributed by atoms with Gasteiger partial charge in [-0.25, -0.2) is 4.68 Å². The zero-order valence-corrected chi connectivity index (χ0v) is 11.0. The molecular weight excluding hydrogens is 242 g/mol. The molecule has 5 nitrogen and oxygen atoms in total. The van der Waals surface area contributed by atoms with E-state index in [2.05, 4.69) is 10.3 Å². The van der Waals surface area contributed by atoms with Crippen molar-refractivity contribution in [1.82, 2.24) is 15.0 Å². The Morgan fingerprint density at radius 3 is 3.21 bits per heavy atom. The van der Waals surface area contributed by atoms with Crippen LogP contribution in [0.2, 0.25) is 0 Å². The van der Waals surface area contributed by atoms with E-state index in [0.29, 0.717) is 12.5 Å². The fourth-order valence-electron chi connectivity index (χ4n) is 2.24. The lowest BCUT2D eigenvalue weighted by Gasteiger charge is -2.05. The number of hydrogen-bond acceptors (Lipinski definition) is 4. The molecule has 0 spiro atoms. The second kappa shape index (κ2) is 5.40. The molecule has 0 aliphatic carbocycles. The molecule has 1 fully saturated rings. The van der Waals surface area contributed by atoms with Crippen LogP contribution in [-0.4, -0.2) is 34.8 Å². The van der Waals surface area contributed by atoms with E-state index in [1.165, 1.54) is 0 Å². The molecule has 1 saturated heterocycles. The highest BCUT2D eigenvalue weighted by molar-refractivity contribution is 5.38. The Kier molecular flexibility index (Phi) is 3.46. The van der Waals surface area contributed by atoms with E-state index in [4.69, 9.17) is 9.47 Å². The highest BCUT2D eigenvalue weighted by atomic mass is 16.5. The standard InChI is InChI=1S/C14H17N3O2/c1-2-19-13-5-3-4-12(8-13)17-9-14(15-16-17)11-6-7-18-10-11/h3-5,8-9,11H,2,6-7,10H2,1H3. The third-order valence-corrected chi connectivity index (χ3v) is 3.25. The van der Waals surface area contributed by atoms with Gasteiger partial charge in [0.25, 0.3) is 0 Å². The summed E-state index contributed by atoms with van der Waals surface area (Å²) >= 11 is 0. The zero-order chi connectivity index (χ0) is 13.1. The van der Waals surface area contributed by atoms with E-state index in [1.54, 1.807) is 4.68 Å². The lowest BCUT2D eigenvalue weighted by Crippen LogP contribution is -1.98. The first kappa shape index (κ1) is 12.2. The van der Waals surface area contributed by atoms with Crippen molar-refractivity contribution in [3.63, 3.8) is 0 Å². The van der Waals surface area contributed by atoms with Crippen LogP contribution in [0.4, 0.5) is 0 Å². The third kappa shape index (κ3) is 2.61. The predicted molar refractivity (Wildman–Crippen MR) is 70.7 cm³/mol.